The molecule has 1 N–H and O–H groups in total. The Kier molecular flexibility index (Phi) is 9.25. The molecule has 25 heavy (non-hydrogen) atoms. The van der Waals surface area contributed by atoms with Gasteiger partial charge in [-0.05, 0) is 49.3 Å². The first kappa shape index (κ1) is 21.2. The van der Waals surface area contributed by atoms with Crippen LogP contribution in [0.25, 0.3) is 0 Å². The Morgan fingerprint density at radius 2 is 1.76 bits per heavy atom. The quantitative estimate of drug-likeness (QED) is 0.532. The summed E-state index contributed by atoms with van der Waals surface area (Å²) in [5, 5.41) is 9.06. The number of benzene rings is 1. The second kappa shape index (κ2) is 10.9. The number of hydrogen-bond acceptors (Lipinski definition) is 3. The van der Waals surface area contributed by atoms with E-state index >= 15 is 0 Å². The number of carbonyl (C=O) groups excluding carboxylic acids is 1. The third-order valence-electron chi connectivity index (χ3n) is 4.83. The lowest BCUT2D eigenvalue weighted by Crippen LogP contribution is -2.21. The van der Waals surface area contributed by atoms with Crippen molar-refractivity contribution in [1.29, 1.82) is 0 Å². The zero-order valence-electron chi connectivity index (χ0n) is 16.0. The fraction of sp³-hybridized carbons (Fsp3) is 0.619. The van der Waals surface area contributed by atoms with Gasteiger partial charge in [-0.3, -0.25) is 0 Å². The molecule has 0 heterocycles. The molecule has 0 aliphatic carbocycles. The van der Waals surface area contributed by atoms with Gasteiger partial charge in [-0.15, -0.1) is 0 Å². The number of aromatic carboxylic acids is 1. The topological polar surface area (TPSA) is 63.6 Å². The van der Waals surface area contributed by atoms with Gasteiger partial charge in [0.25, 0.3) is 0 Å². The van der Waals surface area contributed by atoms with Gasteiger partial charge in [0.05, 0.1) is 11.1 Å². The Morgan fingerprint density at radius 1 is 1.08 bits per heavy atom. The average Bonchev–Trinajstić information content (AvgIpc) is 2.59. The standard InChI is InChI=1S/C21H32O4/c1-5-7-11-19(13-12-16(6-2)15(3)4)25-21(24)18-10-8-9-17(14-18)20(22)23/h8-10,14-16,19H,5-7,11-13H2,1-4H3,(H,22,23). The summed E-state index contributed by atoms with van der Waals surface area (Å²) >= 11 is 0. The van der Waals surface area contributed by atoms with E-state index in [0.717, 1.165) is 38.5 Å². The van der Waals surface area contributed by atoms with Crippen LogP contribution in [-0.4, -0.2) is 23.1 Å². The van der Waals surface area contributed by atoms with Crippen LogP contribution in [0.15, 0.2) is 24.3 Å². The molecular weight excluding hydrogens is 316 g/mol. The Labute approximate surface area is 151 Å². The highest BCUT2D eigenvalue weighted by atomic mass is 16.5. The summed E-state index contributed by atoms with van der Waals surface area (Å²) in [5.41, 5.74) is 0.405. The summed E-state index contributed by atoms with van der Waals surface area (Å²) in [6.45, 7) is 8.80. The van der Waals surface area contributed by atoms with E-state index in [0.29, 0.717) is 17.4 Å². The van der Waals surface area contributed by atoms with Crippen LogP contribution in [0.2, 0.25) is 0 Å². The molecule has 2 unspecified atom stereocenters. The third-order valence-corrected chi connectivity index (χ3v) is 4.83. The zero-order chi connectivity index (χ0) is 18.8. The number of esters is 1. The Balaban J connectivity index is 2.74. The maximum atomic E-state index is 12.4. The molecule has 0 spiro atoms. The van der Waals surface area contributed by atoms with Crippen LogP contribution in [-0.2, 0) is 4.74 Å². The lowest BCUT2D eigenvalue weighted by molar-refractivity contribution is 0.0234. The highest BCUT2D eigenvalue weighted by molar-refractivity contribution is 5.94. The van der Waals surface area contributed by atoms with Crippen LogP contribution in [0.3, 0.4) is 0 Å². The average molecular weight is 348 g/mol. The van der Waals surface area contributed by atoms with Crippen molar-refractivity contribution in [2.45, 2.75) is 72.3 Å². The Bertz CT molecular complexity index is 551. The van der Waals surface area contributed by atoms with Crippen molar-refractivity contribution >= 4 is 11.9 Å². The van der Waals surface area contributed by atoms with E-state index in [1.165, 1.54) is 12.1 Å². The van der Waals surface area contributed by atoms with Crippen molar-refractivity contribution in [2.75, 3.05) is 0 Å². The van der Waals surface area contributed by atoms with Crippen molar-refractivity contribution in [3.8, 4) is 0 Å². The number of carboxylic acids is 1. The number of carboxylic acid groups (broad SMARTS) is 1. The van der Waals surface area contributed by atoms with E-state index in [1.807, 2.05) is 0 Å². The van der Waals surface area contributed by atoms with Crippen molar-refractivity contribution in [3.63, 3.8) is 0 Å². The van der Waals surface area contributed by atoms with Crippen LogP contribution in [0.4, 0.5) is 0 Å². The van der Waals surface area contributed by atoms with E-state index in [1.54, 1.807) is 12.1 Å². The maximum absolute atomic E-state index is 12.4. The van der Waals surface area contributed by atoms with E-state index < -0.39 is 11.9 Å². The monoisotopic (exact) mass is 348 g/mol. The van der Waals surface area contributed by atoms with Crippen LogP contribution in [0.5, 0.6) is 0 Å². The minimum absolute atomic E-state index is 0.102. The SMILES string of the molecule is CCCCC(CCC(CC)C(C)C)OC(=O)c1cccc(C(=O)O)c1. The van der Waals surface area contributed by atoms with Gasteiger partial charge in [0.2, 0.25) is 0 Å². The molecule has 4 heteroatoms. The molecule has 0 aliphatic rings. The van der Waals surface area contributed by atoms with Crippen molar-refractivity contribution in [3.05, 3.63) is 35.4 Å². The van der Waals surface area contributed by atoms with Crippen molar-refractivity contribution in [1.82, 2.24) is 0 Å². The predicted molar refractivity (Wildman–Crippen MR) is 100.0 cm³/mol. The number of hydrogen-bond donors (Lipinski definition) is 1. The second-order valence-corrected chi connectivity index (χ2v) is 7.05. The summed E-state index contributed by atoms with van der Waals surface area (Å²) in [6, 6.07) is 6.04. The molecule has 0 fully saturated rings. The lowest BCUT2D eigenvalue weighted by Gasteiger charge is -2.23. The van der Waals surface area contributed by atoms with Gasteiger partial charge in [0.1, 0.15) is 6.10 Å². The van der Waals surface area contributed by atoms with Gasteiger partial charge >= 0.3 is 11.9 Å². The molecule has 2 atom stereocenters. The summed E-state index contributed by atoms with van der Waals surface area (Å²) < 4.78 is 5.72. The number of ether oxygens (including phenoxy) is 1. The summed E-state index contributed by atoms with van der Waals surface area (Å²) in [4.78, 5) is 23.5. The smallest absolute Gasteiger partial charge is 0.338 e. The minimum Gasteiger partial charge on any atom is -0.478 e. The molecule has 0 aliphatic heterocycles. The molecule has 1 rings (SSSR count). The third kappa shape index (κ3) is 7.29. The Morgan fingerprint density at radius 3 is 2.32 bits per heavy atom. The van der Waals surface area contributed by atoms with Gasteiger partial charge in [-0.25, -0.2) is 9.59 Å². The van der Waals surface area contributed by atoms with Gasteiger partial charge in [-0.1, -0.05) is 53.0 Å². The molecule has 0 radical (unpaired) electrons. The highest BCUT2D eigenvalue weighted by Crippen LogP contribution is 2.24. The van der Waals surface area contributed by atoms with Crippen LogP contribution >= 0.6 is 0 Å². The summed E-state index contributed by atoms with van der Waals surface area (Å²) in [6.07, 6.45) is 5.87. The molecule has 0 aromatic heterocycles. The molecule has 0 bridgehead atoms. The molecule has 140 valence electrons. The zero-order valence-corrected chi connectivity index (χ0v) is 16.0. The van der Waals surface area contributed by atoms with Gasteiger partial charge in [-0.2, -0.15) is 0 Å². The van der Waals surface area contributed by atoms with E-state index in [-0.39, 0.29) is 11.7 Å². The normalized spacial score (nSPS) is 13.5. The predicted octanol–water partition coefficient (Wildman–Crippen LogP) is 5.56. The molecule has 0 saturated carbocycles. The largest absolute Gasteiger partial charge is 0.478 e. The molecule has 4 nitrogen and oxygen atoms in total. The maximum Gasteiger partial charge on any atom is 0.338 e. The molecule has 0 amide bonds. The molecule has 0 saturated heterocycles. The van der Waals surface area contributed by atoms with Crippen LogP contribution in [0.1, 0.15) is 86.9 Å². The van der Waals surface area contributed by atoms with Gasteiger partial charge < -0.3 is 9.84 Å². The molecule has 1 aromatic carbocycles. The first-order valence-electron chi connectivity index (χ1n) is 9.43. The summed E-state index contributed by atoms with van der Waals surface area (Å²) in [7, 11) is 0. The van der Waals surface area contributed by atoms with Gasteiger partial charge in [0.15, 0.2) is 0 Å². The van der Waals surface area contributed by atoms with Crippen LogP contribution in [0, 0.1) is 11.8 Å². The number of unbranched alkanes of at least 4 members (excludes halogenated alkanes) is 1. The van der Waals surface area contributed by atoms with E-state index in [4.69, 9.17) is 9.84 Å². The highest BCUT2D eigenvalue weighted by Gasteiger charge is 2.19. The minimum atomic E-state index is -1.04. The second-order valence-electron chi connectivity index (χ2n) is 7.05. The first-order valence-corrected chi connectivity index (χ1v) is 9.43. The Hall–Kier alpha value is -1.84. The van der Waals surface area contributed by atoms with Gasteiger partial charge in [0, 0.05) is 0 Å². The van der Waals surface area contributed by atoms with Crippen molar-refractivity contribution in [2.24, 2.45) is 11.8 Å². The lowest BCUT2D eigenvalue weighted by atomic mass is 9.87. The number of carbonyl (C=O) groups is 2. The summed E-state index contributed by atoms with van der Waals surface area (Å²) in [5.74, 6) is -0.209. The van der Waals surface area contributed by atoms with Crippen molar-refractivity contribution < 1.29 is 19.4 Å². The molecule has 1 aromatic rings. The van der Waals surface area contributed by atoms with E-state index in [2.05, 4.69) is 27.7 Å². The fourth-order valence-electron chi connectivity index (χ4n) is 3.10. The first-order chi connectivity index (χ1) is 11.9. The number of rotatable bonds is 11. The van der Waals surface area contributed by atoms with Crippen LogP contribution < -0.4 is 0 Å². The fourth-order valence-corrected chi connectivity index (χ4v) is 3.10. The molecular formula is C21H32O4. The van der Waals surface area contributed by atoms with E-state index in [9.17, 15) is 9.59 Å².